The summed E-state index contributed by atoms with van der Waals surface area (Å²) >= 11 is 0. The van der Waals surface area contributed by atoms with Crippen LogP contribution in [0.3, 0.4) is 0 Å². The van der Waals surface area contributed by atoms with E-state index in [1.165, 1.54) is 6.20 Å². The molecule has 0 fully saturated rings. The molecule has 0 amide bonds. The molecular formula is C7H8BNO3. The van der Waals surface area contributed by atoms with Crippen molar-refractivity contribution >= 4 is 13.8 Å². The number of rotatable bonds is 3. The van der Waals surface area contributed by atoms with E-state index in [2.05, 4.69) is 9.72 Å². The zero-order chi connectivity index (χ0) is 8.97. The van der Waals surface area contributed by atoms with Crippen molar-refractivity contribution in [2.75, 3.05) is 6.61 Å². The number of nitrogens with zero attached hydrogens (tertiary/aromatic N) is 1. The molecule has 0 spiro atoms. The molecule has 1 aromatic rings. The lowest BCUT2D eigenvalue weighted by atomic mass is 10.1. The van der Waals surface area contributed by atoms with E-state index in [4.69, 9.17) is 12.3 Å². The smallest absolute Gasteiger partial charge is 0.375 e. The Morgan fingerprint density at radius 3 is 3.08 bits per heavy atom. The number of carbonyl (C=O) groups excluding carboxylic acids is 1. The maximum Gasteiger partial charge on any atom is 0.375 e. The fraction of sp³-hybridized carbons (Fsp3) is 0.429. The predicted octanol–water partition coefficient (Wildman–Crippen LogP) is 0.520. The maximum atomic E-state index is 11.0. The average molecular weight is 165 g/mol. The van der Waals surface area contributed by atoms with E-state index in [-0.39, 0.29) is 12.1 Å². The van der Waals surface area contributed by atoms with Gasteiger partial charge in [0.1, 0.15) is 0 Å². The Morgan fingerprint density at radius 2 is 2.58 bits per heavy atom. The van der Waals surface area contributed by atoms with E-state index in [1.54, 1.807) is 6.92 Å². The summed E-state index contributed by atoms with van der Waals surface area (Å²) < 4.78 is 9.61. The highest BCUT2D eigenvalue weighted by Gasteiger charge is 2.11. The number of esters is 1. The molecule has 0 aliphatic rings. The molecule has 1 heterocycles. The van der Waals surface area contributed by atoms with Gasteiger partial charge in [0.15, 0.2) is 5.89 Å². The number of ether oxygens (including phenoxy) is 1. The van der Waals surface area contributed by atoms with Crippen LogP contribution in [0.5, 0.6) is 0 Å². The highest BCUT2D eigenvalue weighted by atomic mass is 16.5. The lowest BCUT2D eigenvalue weighted by Gasteiger charge is -1.95. The molecule has 2 radical (unpaired) electrons. The molecule has 12 heavy (non-hydrogen) atoms. The normalized spacial score (nSPS) is 9.75. The van der Waals surface area contributed by atoms with Crippen LogP contribution in [0.2, 0.25) is 0 Å². The second-order valence-electron chi connectivity index (χ2n) is 2.04. The highest BCUT2D eigenvalue weighted by molar-refractivity contribution is 6.07. The van der Waals surface area contributed by atoms with Gasteiger partial charge in [-0.2, -0.15) is 0 Å². The Hall–Kier alpha value is -1.26. The summed E-state index contributed by atoms with van der Waals surface area (Å²) in [5.41, 5.74) is 0. The second kappa shape index (κ2) is 3.94. The number of carbonyl (C=O) groups is 1. The summed E-state index contributed by atoms with van der Waals surface area (Å²) in [6.07, 6.45) is 1.49. The Morgan fingerprint density at radius 1 is 1.83 bits per heavy atom. The Bertz CT molecular complexity index is 271. The van der Waals surface area contributed by atoms with Gasteiger partial charge in [-0.15, -0.1) is 0 Å². The summed E-state index contributed by atoms with van der Waals surface area (Å²) in [4.78, 5) is 14.7. The number of oxazole rings is 1. The summed E-state index contributed by atoms with van der Waals surface area (Å²) in [6.45, 7) is 2.04. The van der Waals surface area contributed by atoms with Crippen LogP contribution in [-0.4, -0.2) is 25.4 Å². The summed E-state index contributed by atoms with van der Waals surface area (Å²) in [7, 11) is 5.23. The molecule has 0 N–H and O–H groups in total. The van der Waals surface area contributed by atoms with Crippen molar-refractivity contribution < 1.29 is 13.9 Å². The van der Waals surface area contributed by atoms with Gasteiger partial charge in [-0.25, -0.2) is 9.78 Å². The van der Waals surface area contributed by atoms with Crippen LogP contribution in [0.25, 0.3) is 0 Å². The van der Waals surface area contributed by atoms with Gasteiger partial charge in [0.05, 0.1) is 20.7 Å². The SMILES string of the molecule is [B]Cc1ncc(C(=O)OCC)o1. The van der Waals surface area contributed by atoms with Crippen molar-refractivity contribution in [3.63, 3.8) is 0 Å². The maximum absolute atomic E-state index is 11.0. The van der Waals surface area contributed by atoms with Crippen LogP contribution < -0.4 is 0 Å². The second-order valence-corrected chi connectivity index (χ2v) is 2.04. The topological polar surface area (TPSA) is 52.3 Å². The molecular weight excluding hydrogens is 157 g/mol. The quantitative estimate of drug-likeness (QED) is 0.483. The van der Waals surface area contributed by atoms with Gasteiger partial charge in [0, 0.05) is 0 Å². The first kappa shape index (κ1) is 8.84. The third-order valence-corrected chi connectivity index (χ3v) is 1.20. The zero-order valence-electron chi connectivity index (χ0n) is 6.74. The first-order chi connectivity index (χ1) is 5.77. The molecule has 0 saturated carbocycles. The minimum atomic E-state index is -0.510. The summed E-state index contributed by atoms with van der Waals surface area (Å²) in [5, 5.41) is 0. The van der Waals surface area contributed by atoms with Crippen molar-refractivity contribution in [1.29, 1.82) is 0 Å². The fourth-order valence-corrected chi connectivity index (χ4v) is 0.701. The van der Waals surface area contributed by atoms with E-state index in [1.807, 2.05) is 0 Å². The minimum absolute atomic E-state index is 0.0947. The van der Waals surface area contributed by atoms with Gasteiger partial charge in [0.2, 0.25) is 5.76 Å². The molecule has 0 unspecified atom stereocenters. The van der Waals surface area contributed by atoms with Crippen molar-refractivity contribution in [2.45, 2.75) is 13.2 Å². The van der Waals surface area contributed by atoms with Crippen LogP contribution in [-0.2, 0) is 11.1 Å². The Kier molecular flexibility index (Phi) is 2.91. The highest BCUT2D eigenvalue weighted by Crippen LogP contribution is 2.04. The van der Waals surface area contributed by atoms with Crippen LogP contribution in [0, 0.1) is 0 Å². The molecule has 0 saturated heterocycles. The van der Waals surface area contributed by atoms with Crippen LogP contribution >= 0.6 is 0 Å². The predicted molar refractivity (Wildman–Crippen MR) is 41.9 cm³/mol. The molecule has 62 valence electrons. The average Bonchev–Trinajstić information content (AvgIpc) is 2.52. The lowest BCUT2D eigenvalue weighted by molar-refractivity contribution is 0.0488. The molecule has 0 atom stereocenters. The molecule has 0 aliphatic heterocycles. The Labute approximate surface area is 71.3 Å². The van der Waals surface area contributed by atoms with Crippen molar-refractivity contribution in [1.82, 2.24) is 4.98 Å². The molecule has 5 heteroatoms. The first-order valence-electron chi connectivity index (χ1n) is 3.59. The molecule has 4 nitrogen and oxygen atoms in total. The standard InChI is InChI=1S/C7H8BNO3/c1-2-11-7(10)5-4-9-6(3-8)12-5/h4H,2-3H2,1H3. The molecule has 1 rings (SSSR count). The van der Waals surface area contributed by atoms with E-state index < -0.39 is 5.97 Å². The first-order valence-corrected chi connectivity index (χ1v) is 3.59. The van der Waals surface area contributed by atoms with Gasteiger partial charge >= 0.3 is 5.97 Å². The van der Waals surface area contributed by atoms with E-state index >= 15 is 0 Å². The van der Waals surface area contributed by atoms with E-state index in [0.29, 0.717) is 12.5 Å². The van der Waals surface area contributed by atoms with Crippen LogP contribution in [0.4, 0.5) is 0 Å². The third kappa shape index (κ3) is 1.87. The van der Waals surface area contributed by atoms with Gasteiger partial charge < -0.3 is 9.15 Å². The van der Waals surface area contributed by atoms with Gasteiger partial charge in [-0.3, -0.25) is 0 Å². The Balaban J connectivity index is 2.68. The number of aromatic nitrogens is 1. The summed E-state index contributed by atoms with van der Waals surface area (Å²) in [6, 6.07) is 0. The van der Waals surface area contributed by atoms with Crippen molar-refractivity contribution in [2.24, 2.45) is 0 Å². The largest absolute Gasteiger partial charge is 0.460 e. The molecule has 0 bridgehead atoms. The van der Waals surface area contributed by atoms with Gasteiger partial charge in [-0.05, 0) is 13.2 Å². The zero-order valence-corrected chi connectivity index (χ0v) is 6.74. The van der Waals surface area contributed by atoms with Crippen molar-refractivity contribution in [3.05, 3.63) is 17.8 Å². The molecule has 0 aliphatic carbocycles. The summed E-state index contributed by atoms with van der Waals surface area (Å²) in [5.74, 6) is -0.0833. The minimum Gasteiger partial charge on any atom is -0.460 e. The molecule has 0 aromatic carbocycles. The van der Waals surface area contributed by atoms with Gasteiger partial charge in [-0.1, -0.05) is 0 Å². The van der Waals surface area contributed by atoms with Gasteiger partial charge in [0.25, 0.3) is 0 Å². The fourth-order valence-electron chi connectivity index (χ4n) is 0.701. The number of hydrogen-bond acceptors (Lipinski definition) is 4. The van der Waals surface area contributed by atoms with Crippen molar-refractivity contribution in [3.8, 4) is 0 Å². The van der Waals surface area contributed by atoms with E-state index in [9.17, 15) is 4.79 Å². The third-order valence-electron chi connectivity index (χ3n) is 1.20. The number of hydrogen-bond donors (Lipinski definition) is 0. The van der Waals surface area contributed by atoms with Crippen LogP contribution in [0.15, 0.2) is 10.6 Å². The van der Waals surface area contributed by atoms with Crippen LogP contribution in [0.1, 0.15) is 23.4 Å². The monoisotopic (exact) mass is 165 g/mol. The lowest BCUT2D eigenvalue weighted by Crippen LogP contribution is -2.02. The molecule has 1 aromatic heterocycles. The van der Waals surface area contributed by atoms with E-state index in [0.717, 1.165) is 0 Å².